The molecule has 106 valence electrons. The molecule has 1 N–H and O–H groups in total. The molecule has 0 bridgehead atoms. The molecule has 0 saturated heterocycles. The largest absolute Gasteiger partial charge is 0.307 e. The standard InChI is InChI=1S/C16H21ClN3/c1-20(2,16-5-3-4-10-19-16)12-11-18-13-14-6-8-15(17)9-7-14/h3-10,18H,11-13H2,1-2H3/q+1. The van der Waals surface area contributed by atoms with E-state index in [4.69, 9.17) is 11.6 Å². The van der Waals surface area contributed by atoms with Crippen molar-refractivity contribution in [1.82, 2.24) is 14.8 Å². The number of halogens is 1. The van der Waals surface area contributed by atoms with Gasteiger partial charge < -0.3 is 5.32 Å². The Bertz CT molecular complexity index is 523. The topological polar surface area (TPSA) is 24.9 Å². The molecule has 0 atom stereocenters. The number of quaternary nitrogens is 1. The molecule has 0 saturated carbocycles. The lowest BCUT2D eigenvalue weighted by molar-refractivity contribution is 0.381. The minimum Gasteiger partial charge on any atom is -0.307 e. The Kier molecular flexibility index (Phi) is 5.12. The zero-order chi connectivity index (χ0) is 14.4. The van der Waals surface area contributed by atoms with Crippen molar-refractivity contribution in [2.24, 2.45) is 0 Å². The summed E-state index contributed by atoms with van der Waals surface area (Å²) in [6, 6.07) is 14.0. The number of rotatable bonds is 6. The minimum atomic E-state index is 0.772. The number of nitrogens with zero attached hydrogens (tertiary/aromatic N) is 2. The lowest BCUT2D eigenvalue weighted by Crippen LogP contribution is -2.45. The minimum absolute atomic E-state index is 0.772. The summed E-state index contributed by atoms with van der Waals surface area (Å²) in [6.07, 6.45) is 1.84. The fraction of sp³-hybridized carbons (Fsp3) is 0.312. The van der Waals surface area contributed by atoms with Gasteiger partial charge in [-0.05, 0) is 23.8 Å². The zero-order valence-electron chi connectivity index (χ0n) is 12.0. The van der Waals surface area contributed by atoms with E-state index in [0.717, 1.165) is 35.0 Å². The highest BCUT2D eigenvalue weighted by Gasteiger charge is 2.19. The van der Waals surface area contributed by atoms with Gasteiger partial charge in [0.25, 0.3) is 0 Å². The normalized spacial score (nSPS) is 11.6. The maximum Gasteiger partial charge on any atom is 0.227 e. The number of nitrogens with one attached hydrogen (secondary N) is 1. The monoisotopic (exact) mass is 290 g/mol. The number of aromatic nitrogens is 1. The number of pyridine rings is 1. The quantitative estimate of drug-likeness (QED) is 0.653. The fourth-order valence-electron chi connectivity index (χ4n) is 2.02. The third kappa shape index (κ3) is 4.30. The summed E-state index contributed by atoms with van der Waals surface area (Å²) in [5.74, 6) is 1.08. The molecule has 4 heteroatoms. The van der Waals surface area contributed by atoms with Gasteiger partial charge in [-0.2, -0.15) is 0 Å². The molecule has 2 rings (SSSR count). The number of hydrogen-bond donors (Lipinski definition) is 1. The van der Waals surface area contributed by atoms with E-state index in [1.54, 1.807) is 0 Å². The lowest BCUT2D eigenvalue weighted by Gasteiger charge is -2.27. The van der Waals surface area contributed by atoms with Crippen molar-refractivity contribution in [3.05, 3.63) is 59.2 Å². The first-order chi connectivity index (χ1) is 9.58. The van der Waals surface area contributed by atoms with E-state index in [1.807, 2.05) is 42.6 Å². The summed E-state index contributed by atoms with van der Waals surface area (Å²) in [4.78, 5) is 4.43. The maximum atomic E-state index is 5.87. The molecule has 0 amide bonds. The second-order valence-corrected chi connectivity index (χ2v) is 5.84. The van der Waals surface area contributed by atoms with E-state index in [0.29, 0.717) is 0 Å². The fourth-order valence-corrected chi connectivity index (χ4v) is 2.15. The molecule has 3 nitrogen and oxygen atoms in total. The molecule has 0 fully saturated rings. The molecule has 0 aliphatic heterocycles. The van der Waals surface area contributed by atoms with Crippen LogP contribution in [0.25, 0.3) is 0 Å². The van der Waals surface area contributed by atoms with E-state index in [-0.39, 0.29) is 0 Å². The van der Waals surface area contributed by atoms with Gasteiger partial charge >= 0.3 is 0 Å². The summed E-state index contributed by atoms with van der Waals surface area (Å²) >= 11 is 5.87. The van der Waals surface area contributed by atoms with E-state index >= 15 is 0 Å². The predicted octanol–water partition coefficient (Wildman–Crippen LogP) is 3.09. The molecule has 1 aromatic heterocycles. The Hall–Kier alpha value is -1.42. The highest BCUT2D eigenvalue weighted by molar-refractivity contribution is 6.30. The average molecular weight is 291 g/mol. The second kappa shape index (κ2) is 6.84. The summed E-state index contributed by atoms with van der Waals surface area (Å²) in [5, 5.41) is 4.24. The Morgan fingerprint density at radius 3 is 2.50 bits per heavy atom. The predicted molar refractivity (Wildman–Crippen MR) is 85.9 cm³/mol. The van der Waals surface area contributed by atoms with E-state index < -0.39 is 0 Å². The van der Waals surface area contributed by atoms with Gasteiger partial charge in [0.2, 0.25) is 5.82 Å². The van der Waals surface area contributed by atoms with Crippen LogP contribution in [0.1, 0.15) is 5.56 Å². The van der Waals surface area contributed by atoms with E-state index in [9.17, 15) is 0 Å². The van der Waals surface area contributed by atoms with Crippen LogP contribution >= 0.6 is 11.6 Å². The number of likely N-dealkylation sites (N-methyl/N-ethyl adjacent to an activating group) is 1. The van der Waals surface area contributed by atoms with Crippen LogP contribution in [0.15, 0.2) is 48.7 Å². The first-order valence-corrected chi connectivity index (χ1v) is 7.15. The molecule has 0 unspecified atom stereocenters. The van der Waals surface area contributed by atoms with Crippen LogP contribution in [0, 0.1) is 0 Å². The number of benzene rings is 1. The first-order valence-electron chi connectivity index (χ1n) is 6.78. The van der Waals surface area contributed by atoms with Crippen LogP contribution in [0.4, 0.5) is 5.82 Å². The van der Waals surface area contributed by atoms with Gasteiger partial charge in [-0.25, -0.2) is 4.98 Å². The SMILES string of the molecule is C[N+](C)(CCNCc1ccc(Cl)cc1)c1ccccn1. The molecule has 1 aromatic carbocycles. The Morgan fingerprint density at radius 1 is 1.10 bits per heavy atom. The first kappa shape index (κ1) is 15.0. The van der Waals surface area contributed by atoms with Gasteiger partial charge in [0.1, 0.15) is 0 Å². The van der Waals surface area contributed by atoms with Gasteiger partial charge in [0, 0.05) is 30.4 Å². The third-order valence-electron chi connectivity index (χ3n) is 3.36. The highest BCUT2D eigenvalue weighted by atomic mass is 35.5. The van der Waals surface area contributed by atoms with Crippen molar-refractivity contribution in [1.29, 1.82) is 0 Å². The molecular weight excluding hydrogens is 270 g/mol. The van der Waals surface area contributed by atoms with Crippen LogP contribution in [0.2, 0.25) is 5.02 Å². The number of hydrogen-bond acceptors (Lipinski definition) is 2. The molecule has 0 radical (unpaired) electrons. The van der Waals surface area contributed by atoms with Crippen molar-refractivity contribution in [2.45, 2.75) is 6.54 Å². The van der Waals surface area contributed by atoms with Gasteiger partial charge in [-0.3, -0.25) is 4.48 Å². The van der Waals surface area contributed by atoms with Gasteiger partial charge in [0.05, 0.1) is 20.6 Å². The van der Waals surface area contributed by atoms with Crippen LogP contribution in [-0.4, -0.2) is 32.2 Å². The van der Waals surface area contributed by atoms with Crippen molar-refractivity contribution in [2.75, 3.05) is 27.2 Å². The van der Waals surface area contributed by atoms with Crippen LogP contribution in [-0.2, 0) is 6.54 Å². The molecule has 2 aromatic rings. The molecular formula is C16H21ClN3+. The zero-order valence-corrected chi connectivity index (χ0v) is 12.8. The summed E-state index contributed by atoms with van der Waals surface area (Å²) in [7, 11) is 4.35. The van der Waals surface area contributed by atoms with Crippen molar-refractivity contribution < 1.29 is 0 Å². The maximum absolute atomic E-state index is 5.87. The lowest BCUT2D eigenvalue weighted by atomic mass is 10.2. The summed E-state index contributed by atoms with van der Waals surface area (Å²) < 4.78 is 0.772. The van der Waals surface area contributed by atoms with Crippen molar-refractivity contribution in [3.8, 4) is 0 Å². The molecule has 0 spiro atoms. The van der Waals surface area contributed by atoms with Gasteiger partial charge in [-0.1, -0.05) is 29.8 Å². The summed E-state index contributed by atoms with van der Waals surface area (Å²) in [5.41, 5.74) is 1.25. The molecule has 1 heterocycles. The van der Waals surface area contributed by atoms with Crippen LogP contribution < -0.4 is 9.80 Å². The van der Waals surface area contributed by atoms with Crippen molar-refractivity contribution >= 4 is 17.4 Å². The molecule has 20 heavy (non-hydrogen) atoms. The second-order valence-electron chi connectivity index (χ2n) is 5.40. The third-order valence-corrected chi connectivity index (χ3v) is 3.61. The Labute approximate surface area is 125 Å². The van der Waals surface area contributed by atoms with Crippen molar-refractivity contribution in [3.63, 3.8) is 0 Å². The summed E-state index contributed by atoms with van der Waals surface area (Å²) in [6.45, 7) is 2.79. The van der Waals surface area contributed by atoms with E-state index in [2.05, 4.69) is 30.5 Å². The molecule has 0 aliphatic carbocycles. The van der Waals surface area contributed by atoms with E-state index in [1.165, 1.54) is 5.56 Å². The average Bonchev–Trinajstić information content (AvgIpc) is 2.46. The Balaban J connectivity index is 1.79. The van der Waals surface area contributed by atoms with Gasteiger partial charge in [-0.15, -0.1) is 0 Å². The van der Waals surface area contributed by atoms with Gasteiger partial charge in [0.15, 0.2) is 0 Å². The smallest absolute Gasteiger partial charge is 0.227 e. The van der Waals surface area contributed by atoms with Crippen LogP contribution in [0.5, 0.6) is 0 Å². The highest BCUT2D eigenvalue weighted by Crippen LogP contribution is 2.13. The van der Waals surface area contributed by atoms with Crippen LogP contribution in [0.3, 0.4) is 0 Å². The molecule has 0 aliphatic rings. The Morgan fingerprint density at radius 2 is 1.85 bits per heavy atom.